The summed E-state index contributed by atoms with van der Waals surface area (Å²) >= 11 is 0. The smallest absolute Gasteiger partial charge is 0.325 e. The van der Waals surface area contributed by atoms with Crippen LogP contribution in [-0.2, 0) is 22.4 Å². The number of unbranched alkanes of at least 4 members (excludes halogenated alkanes) is 1. The van der Waals surface area contributed by atoms with Gasteiger partial charge in [0, 0.05) is 31.9 Å². The highest BCUT2D eigenvalue weighted by Crippen LogP contribution is 2.27. The van der Waals surface area contributed by atoms with Gasteiger partial charge in [0.1, 0.15) is 6.04 Å². The Morgan fingerprint density at radius 3 is 2.93 bits per heavy atom. The van der Waals surface area contributed by atoms with Crippen molar-refractivity contribution < 1.29 is 14.6 Å². The van der Waals surface area contributed by atoms with Crippen LogP contribution in [0.2, 0.25) is 0 Å². The Labute approximate surface area is 178 Å². The van der Waals surface area contributed by atoms with Gasteiger partial charge in [-0.3, -0.25) is 14.7 Å². The van der Waals surface area contributed by atoms with Crippen molar-refractivity contribution in [3.05, 3.63) is 59.4 Å². The molecule has 0 amide bonds. The number of ether oxygens (including phenoxy) is 1. The van der Waals surface area contributed by atoms with E-state index in [2.05, 4.69) is 17.4 Å². The number of carboxylic acids is 1. The van der Waals surface area contributed by atoms with E-state index >= 15 is 0 Å². The number of rotatable bonds is 9. The van der Waals surface area contributed by atoms with Gasteiger partial charge in [0.15, 0.2) is 0 Å². The molecular formula is C24H31N3O3. The number of fused-ring (bicyclic) bond motifs is 1. The molecule has 2 aliphatic heterocycles. The normalized spacial score (nSPS) is 19.8. The maximum atomic E-state index is 11.8. The fourth-order valence-electron chi connectivity index (χ4n) is 4.44. The van der Waals surface area contributed by atoms with Gasteiger partial charge in [-0.05, 0) is 56.2 Å². The summed E-state index contributed by atoms with van der Waals surface area (Å²) in [4.78, 5) is 18.6. The first-order valence-electron chi connectivity index (χ1n) is 11.1. The van der Waals surface area contributed by atoms with Crippen LogP contribution in [0.4, 0.5) is 5.69 Å². The van der Waals surface area contributed by atoms with Crippen molar-refractivity contribution in [2.75, 3.05) is 31.6 Å². The number of anilines is 1. The third kappa shape index (κ3) is 5.18. The molecular weight excluding hydrogens is 378 g/mol. The van der Waals surface area contributed by atoms with Crippen LogP contribution in [0, 0.1) is 0 Å². The van der Waals surface area contributed by atoms with Crippen molar-refractivity contribution in [1.82, 2.24) is 9.88 Å². The molecule has 2 aliphatic rings. The molecule has 6 nitrogen and oxygen atoms in total. The van der Waals surface area contributed by atoms with Gasteiger partial charge in [-0.25, -0.2) is 0 Å². The summed E-state index contributed by atoms with van der Waals surface area (Å²) in [5, 5.41) is 13.1. The zero-order valence-electron chi connectivity index (χ0n) is 17.4. The Kier molecular flexibility index (Phi) is 6.97. The molecule has 0 radical (unpaired) electrons. The van der Waals surface area contributed by atoms with E-state index < -0.39 is 12.0 Å². The Hall–Kier alpha value is -2.44. The molecule has 1 aromatic heterocycles. The van der Waals surface area contributed by atoms with E-state index in [-0.39, 0.29) is 6.10 Å². The summed E-state index contributed by atoms with van der Waals surface area (Å²) in [6.45, 7) is 3.19. The summed E-state index contributed by atoms with van der Waals surface area (Å²) in [6.07, 6.45) is 6.24. The number of nitrogens with zero attached hydrogens (tertiary/aromatic N) is 2. The molecule has 4 rings (SSSR count). The Morgan fingerprint density at radius 1 is 1.23 bits per heavy atom. The maximum absolute atomic E-state index is 11.8. The first-order valence-corrected chi connectivity index (χ1v) is 11.1. The predicted molar refractivity (Wildman–Crippen MR) is 117 cm³/mol. The number of aryl methyl sites for hydroxylation is 2. The average Bonchev–Trinajstić information content (AvgIpc) is 3.22. The number of likely N-dealkylation sites (tertiary alicyclic amines) is 1. The molecule has 2 aromatic rings. The molecule has 0 bridgehead atoms. The van der Waals surface area contributed by atoms with Gasteiger partial charge in [-0.1, -0.05) is 30.3 Å². The number of nitrogens with one attached hydrogen (secondary N) is 1. The molecule has 30 heavy (non-hydrogen) atoms. The summed E-state index contributed by atoms with van der Waals surface area (Å²) in [5.41, 5.74) is 4.39. The van der Waals surface area contributed by atoms with Crippen LogP contribution in [0.1, 0.15) is 48.7 Å². The standard InChI is InChI=1S/C24H31N3O3/c28-24(29)23(18-7-2-1-3-8-18)27-15-13-20(17-27)30-16-5-4-9-19-11-12-21-22(26-19)10-6-14-25-21/h1-3,7-8,11-12,20,23,25H,4-6,9-10,13-17H2,(H,28,29)/t20-,23?/m1/s1. The van der Waals surface area contributed by atoms with E-state index in [0.29, 0.717) is 13.2 Å². The minimum Gasteiger partial charge on any atom is -0.480 e. The predicted octanol–water partition coefficient (Wildman–Crippen LogP) is 3.68. The van der Waals surface area contributed by atoms with Gasteiger partial charge in [0.2, 0.25) is 0 Å². The molecule has 0 spiro atoms. The van der Waals surface area contributed by atoms with E-state index in [9.17, 15) is 9.90 Å². The molecule has 1 fully saturated rings. The van der Waals surface area contributed by atoms with Crippen molar-refractivity contribution >= 4 is 11.7 Å². The van der Waals surface area contributed by atoms with Crippen molar-refractivity contribution in [2.45, 2.75) is 50.7 Å². The van der Waals surface area contributed by atoms with Gasteiger partial charge in [0.25, 0.3) is 0 Å². The van der Waals surface area contributed by atoms with Gasteiger partial charge in [-0.15, -0.1) is 0 Å². The van der Waals surface area contributed by atoms with Crippen LogP contribution in [0.5, 0.6) is 0 Å². The molecule has 1 aromatic carbocycles. The SMILES string of the molecule is O=C(O)C(c1ccccc1)N1CC[C@@H](OCCCCc2ccc3c(n2)CCCN3)C1. The lowest BCUT2D eigenvalue weighted by Gasteiger charge is -2.24. The molecule has 6 heteroatoms. The Morgan fingerprint density at radius 2 is 2.10 bits per heavy atom. The minimum atomic E-state index is -0.797. The molecule has 1 saturated heterocycles. The third-order valence-corrected chi connectivity index (χ3v) is 6.01. The number of benzene rings is 1. The number of aliphatic carboxylic acids is 1. The van der Waals surface area contributed by atoms with Gasteiger partial charge in [0.05, 0.1) is 17.5 Å². The molecule has 2 atom stereocenters. The summed E-state index contributed by atoms with van der Waals surface area (Å²) in [5.74, 6) is -0.797. The molecule has 0 saturated carbocycles. The highest BCUT2D eigenvalue weighted by molar-refractivity contribution is 5.75. The Balaban J connectivity index is 1.19. The minimum absolute atomic E-state index is 0.114. The third-order valence-electron chi connectivity index (χ3n) is 6.01. The molecule has 3 heterocycles. The van der Waals surface area contributed by atoms with E-state index in [0.717, 1.165) is 62.9 Å². The summed E-state index contributed by atoms with van der Waals surface area (Å²) in [7, 11) is 0. The maximum Gasteiger partial charge on any atom is 0.325 e. The number of carboxylic acid groups (broad SMARTS) is 1. The van der Waals surface area contributed by atoms with Crippen molar-refractivity contribution in [3.8, 4) is 0 Å². The number of hydrogen-bond donors (Lipinski definition) is 2. The highest BCUT2D eigenvalue weighted by atomic mass is 16.5. The highest BCUT2D eigenvalue weighted by Gasteiger charge is 2.33. The number of carbonyl (C=O) groups is 1. The Bertz CT molecular complexity index is 843. The molecule has 160 valence electrons. The van der Waals surface area contributed by atoms with E-state index in [1.54, 1.807) is 0 Å². The number of aromatic nitrogens is 1. The second-order valence-electron chi connectivity index (χ2n) is 8.21. The second-order valence-corrected chi connectivity index (χ2v) is 8.21. The zero-order chi connectivity index (χ0) is 20.8. The fraction of sp³-hybridized carbons (Fsp3) is 0.500. The van der Waals surface area contributed by atoms with Crippen molar-refractivity contribution in [1.29, 1.82) is 0 Å². The summed E-state index contributed by atoms with van der Waals surface area (Å²) < 4.78 is 6.06. The number of hydrogen-bond acceptors (Lipinski definition) is 5. The van der Waals surface area contributed by atoms with Crippen LogP contribution in [0.3, 0.4) is 0 Å². The number of pyridine rings is 1. The van der Waals surface area contributed by atoms with E-state index in [1.165, 1.54) is 11.4 Å². The van der Waals surface area contributed by atoms with Gasteiger partial charge >= 0.3 is 5.97 Å². The quantitative estimate of drug-likeness (QED) is 0.616. The second kappa shape index (κ2) is 10.0. The van der Waals surface area contributed by atoms with E-state index in [4.69, 9.17) is 9.72 Å². The summed E-state index contributed by atoms with van der Waals surface area (Å²) in [6, 6.07) is 13.2. The molecule has 2 N–H and O–H groups in total. The van der Waals surface area contributed by atoms with Crippen molar-refractivity contribution in [3.63, 3.8) is 0 Å². The van der Waals surface area contributed by atoms with Crippen LogP contribution >= 0.6 is 0 Å². The van der Waals surface area contributed by atoms with Crippen LogP contribution < -0.4 is 5.32 Å². The monoisotopic (exact) mass is 409 g/mol. The van der Waals surface area contributed by atoms with Crippen LogP contribution in [0.25, 0.3) is 0 Å². The van der Waals surface area contributed by atoms with Gasteiger partial charge in [-0.2, -0.15) is 0 Å². The van der Waals surface area contributed by atoms with Gasteiger partial charge < -0.3 is 15.2 Å². The molecule has 0 aliphatic carbocycles. The van der Waals surface area contributed by atoms with Crippen LogP contribution in [-0.4, -0.2) is 53.3 Å². The average molecular weight is 410 g/mol. The van der Waals surface area contributed by atoms with Crippen LogP contribution in [0.15, 0.2) is 42.5 Å². The largest absolute Gasteiger partial charge is 0.480 e. The lowest BCUT2D eigenvalue weighted by Crippen LogP contribution is -2.33. The topological polar surface area (TPSA) is 74.7 Å². The zero-order valence-corrected chi connectivity index (χ0v) is 17.4. The first-order chi connectivity index (χ1) is 14.7. The fourth-order valence-corrected chi connectivity index (χ4v) is 4.44. The lowest BCUT2D eigenvalue weighted by molar-refractivity contribution is -0.143. The van der Waals surface area contributed by atoms with Crippen molar-refractivity contribution in [2.24, 2.45) is 0 Å². The molecule has 1 unspecified atom stereocenters. The lowest BCUT2D eigenvalue weighted by atomic mass is 10.1. The first kappa shape index (κ1) is 20.8. The van der Waals surface area contributed by atoms with E-state index in [1.807, 2.05) is 35.2 Å².